The molecule has 0 radical (unpaired) electrons. The van der Waals surface area contributed by atoms with E-state index in [1.807, 2.05) is 6.08 Å². The highest BCUT2D eigenvalue weighted by Gasteiger charge is 2.28. The second kappa shape index (κ2) is 3.22. The van der Waals surface area contributed by atoms with E-state index >= 15 is 0 Å². The van der Waals surface area contributed by atoms with Crippen molar-refractivity contribution in [1.29, 1.82) is 0 Å². The summed E-state index contributed by atoms with van der Waals surface area (Å²) in [7, 11) is 0. The minimum Gasteiger partial charge on any atom is -0.354 e. The van der Waals surface area contributed by atoms with Crippen molar-refractivity contribution in [3.8, 4) is 0 Å². The SMILES string of the molecule is CC(C)N1CCN2CN=C(Cl)C=C21. The Labute approximate surface area is 83.7 Å². The number of allylic oxidation sites excluding steroid dienone is 1. The zero-order valence-electron chi connectivity index (χ0n) is 8.00. The molecule has 0 saturated carbocycles. The Balaban J connectivity index is 2.23. The zero-order chi connectivity index (χ0) is 9.42. The van der Waals surface area contributed by atoms with E-state index < -0.39 is 0 Å². The first-order valence-corrected chi connectivity index (χ1v) is 4.99. The van der Waals surface area contributed by atoms with Gasteiger partial charge in [-0.15, -0.1) is 0 Å². The van der Waals surface area contributed by atoms with Crippen LogP contribution in [0.25, 0.3) is 0 Å². The molecule has 2 aliphatic heterocycles. The third kappa shape index (κ3) is 1.53. The maximum absolute atomic E-state index is 5.87. The van der Waals surface area contributed by atoms with Crippen LogP contribution in [0.15, 0.2) is 16.9 Å². The molecule has 72 valence electrons. The van der Waals surface area contributed by atoms with Crippen molar-refractivity contribution < 1.29 is 0 Å². The Hall–Kier alpha value is -0.700. The number of halogens is 1. The molecule has 0 amide bonds. The minimum absolute atomic E-state index is 0.541. The fourth-order valence-electron chi connectivity index (χ4n) is 1.78. The Morgan fingerprint density at radius 2 is 2.23 bits per heavy atom. The van der Waals surface area contributed by atoms with Gasteiger partial charge < -0.3 is 9.80 Å². The normalized spacial score (nSPS) is 21.8. The van der Waals surface area contributed by atoms with Crippen LogP contribution in [0.1, 0.15) is 13.8 Å². The highest BCUT2D eigenvalue weighted by atomic mass is 35.5. The molecular formula is C9H14ClN3. The summed E-state index contributed by atoms with van der Waals surface area (Å²) in [4.78, 5) is 8.79. The molecule has 2 aliphatic rings. The second-order valence-corrected chi connectivity index (χ2v) is 4.06. The maximum atomic E-state index is 5.87. The van der Waals surface area contributed by atoms with Gasteiger partial charge in [0.2, 0.25) is 0 Å². The van der Waals surface area contributed by atoms with Crippen molar-refractivity contribution in [2.45, 2.75) is 19.9 Å². The number of hydrogen-bond acceptors (Lipinski definition) is 3. The number of aliphatic imine (C=N–C) groups is 1. The molecule has 0 aromatic carbocycles. The van der Waals surface area contributed by atoms with Crippen molar-refractivity contribution in [3.63, 3.8) is 0 Å². The molecule has 0 N–H and O–H groups in total. The van der Waals surface area contributed by atoms with E-state index in [0.717, 1.165) is 13.1 Å². The maximum Gasteiger partial charge on any atom is 0.129 e. The average molecular weight is 200 g/mol. The molecule has 3 nitrogen and oxygen atoms in total. The van der Waals surface area contributed by atoms with Crippen molar-refractivity contribution >= 4 is 16.8 Å². The standard InChI is InChI=1S/C9H14ClN3/c1-7(2)13-4-3-12-6-11-8(10)5-9(12)13/h5,7H,3-4,6H2,1-2H3. The lowest BCUT2D eigenvalue weighted by Crippen LogP contribution is -2.31. The first-order valence-electron chi connectivity index (χ1n) is 4.61. The highest BCUT2D eigenvalue weighted by Crippen LogP contribution is 2.23. The molecule has 1 saturated heterocycles. The Bertz CT molecular complexity index is 270. The van der Waals surface area contributed by atoms with E-state index in [0.29, 0.717) is 17.9 Å². The third-order valence-electron chi connectivity index (χ3n) is 2.49. The van der Waals surface area contributed by atoms with Crippen LogP contribution in [0.5, 0.6) is 0 Å². The molecule has 4 heteroatoms. The largest absolute Gasteiger partial charge is 0.354 e. The predicted octanol–water partition coefficient (Wildman–Crippen LogP) is 1.46. The van der Waals surface area contributed by atoms with Gasteiger partial charge in [0.05, 0.1) is 0 Å². The van der Waals surface area contributed by atoms with E-state index in [1.54, 1.807) is 0 Å². The summed E-state index contributed by atoms with van der Waals surface area (Å²) in [6.45, 7) is 7.27. The van der Waals surface area contributed by atoms with Crippen LogP contribution >= 0.6 is 11.6 Å². The Morgan fingerprint density at radius 1 is 1.46 bits per heavy atom. The molecule has 0 aliphatic carbocycles. The molecule has 1 fully saturated rings. The fraction of sp³-hybridized carbons (Fsp3) is 0.667. The van der Waals surface area contributed by atoms with Gasteiger partial charge in [0.15, 0.2) is 0 Å². The molecule has 0 aromatic rings. The lowest BCUT2D eigenvalue weighted by molar-refractivity contribution is 0.293. The predicted molar refractivity (Wildman–Crippen MR) is 54.8 cm³/mol. The topological polar surface area (TPSA) is 18.8 Å². The number of nitrogens with zero attached hydrogens (tertiary/aromatic N) is 3. The summed E-state index contributed by atoms with van der Waals surface area (Å²) in [5, 5.41) is 0.624. The number of hydrogen-bond donors (Lipinski definition) is 0. The van der Waals surface area contributed by atoms with Crippen LogP contribution in [0.4, 0.5) is 0 Å². The van der Waals surface area contributed by atoms with Gasteiger partial charge in [-0.1, -0.05) is 11.6 Å². The molecule has 0 spiro atoms. The van der Waals surface area contributed by atoms with Crippen LogP contribution in [0.3, 0.4) is 0 Å². The summed E-state index contributed by atoms with van der Waals surface area (Å²) in [5.74, 6) is 1.23. The van der Waals surface area contributed by atoms with E-state index in [4.69, 9.17) is 11.6 Å². The molecule has 0 aromatic heterocycles. The average Bonchev–Trinajstić information content (AvgIpc) is 2.46. The van der Waals surface area contributed by atoms with Crippen molar-refractivity contribution in [1.82, 2.24) is 9.80 Å². The van der Waals surface area contributed by atoms with Gasteiger partial charge in [0.25, 0.3) is 0 Å². The highest BCUT2D eigenvalue weighted by molar-refractivity contribution is 6.68. The van der Waals surface area contributed by atoms with Gasteiger partial charge in [-0.3, -0.25) is 4.99 Å². The third-order valence-corrected chi connectivity index (χ3v) is 2.72. The molecule has 0 atom stereocenters. The van der Waals surface area contributed by atoms with E-state index in [1.165, 1.54) is 5.82 Å². The summed E-state index contributed by atoms with van der Waals surface area (Å²) in [6, 6.07) is 0.541. The zero-order valence-corrected chi connectivity index (χ0v) is 8.75. The molecule has 0 bridgehead atoms. The monoisotopic (exact) mass is 199 g/mol. The summed E-state index contributed by atoms with van der Waals surface area (Å²) < 4.78 is 0. The summed E-state index contributed by atoms with van der Waals surface area (Å²) in [5.41, 5.74) is 0. The van der Waals surface area contributed by atoms with E-state index in [9.17, 15) is 0 Å². The minimum atomic E-state index is 0.541. The lowest BCUT2D eigenvalue weighted by atomic mass is 10.3. The quantitative estimate of drug-likeness (QED) is 0.637. The van der Waals surface area contributed by atoms with Gasteiger partial charge in [-0.2, -0.15) is 0 Å². The molecule has 13 heavy (non-hydrogen) atoms. The van der Waals surface area contributed by atoms with Crippen LogP contribution in [0.2, 0.25) is 0 Å². The van der Waals surface area contributed by atoms with Crippen molar-refractivity contribution in [2.75, 3.05) is 19.8 Å². The van der Waals surface area contributed by atoms with Crippen LogP contribution in [0, 0.1) is 0 Å². The van der Waals surface area contributed by atoms with Crippen molar-refractivity contribution in [3.05, 3.63) is 11.9 Å². The molecule has 2 heterocycles. The van der Waals surface area contributed by atoms with Gasteiger partial charge in [-0.05, 0) is 13.8 Å². The number of rotatable bonds is 1. The van der Waals surface area contributed by atoms with Crippen LogP contribution in [-0.4, -0.2) is 40.8 Å². The first-order chi connectivity index (χ1) is 6.18. The van der Waals surface area contributed by atoms with E-state index in [-0.39, 0.29) is 0 Å². The molecule has 0 unspecified atom stereocenters. The van der Waals surface area contributed by atoms with Crippen LogP contribution in [-0.2, 0) is 0 Å². The smallest absolute Gasteiger partial charge is 0.129 e. The molecule has 2 rings (SSSR count). The van der Waals surface area contributed by atoms with Gasteiger partial charge in [-0.25, -0.2) is 0 Å². The fourth-order valence-corrected chi connectivity index (χ4v) is 1.94. The van der Waals surface area contributed by atoms with Crippen LogP contribution < -0.4 is 0 Å². The van der Waals surface area contributed by atoms with E-state index in [2.05, 4.69) is 28.6 Å². The molecular weight excluding hydrogens is 186 g/mol. The van der Waals surface area contributed by atoms with Crippen molar-refractivity contribution in [2.24, 2.45) is 4.99 Å². The lowest BCUT2D eigenvalue weighted by Gasteiger charge is -2.28. The second-order valence-electron chi connectivity index (χ2n) is 3.68. The van der Waals surface area contributed by atoms with Gasteiger partial charge in [0.1, 0.15) is 17.7 Å². The summed E-state index contributed by atoms with van der Waals surface area (Å²) >= 11 is 5.87. The number of fused-ring (bicyclic) bond motifs is 1. The summed E-state index contributed by atoms with van der Waals surface area (Å²) in [6.07, 6.45) is 1.96. The van der Waals surface area contributed by atoms with Gasteiger partial charge in [0, 0.05) is 25.2 Å². The Kier molecular flexibility index (Phi) is 2.20. The van der Waals surface area contributed by atoms with Gasteiger partial charge >= 0.3 is 0 Å². The first kappa shape index (κ1) is 8.88. The Morgan fingerprint density at radius 3 is 2.92 bits per heavy atom.